The van der Waals surface area contributed by atoms with Crippen molar-refractivity contribution >= 4 is 11.6 Å². The zero-order chi connectivity index (χ0) is 8.39. The largest absolute Gasteiger partial charge is 0.280 e. The highest BCUT2D eigenvalue weighted by molar-refractivity contribution is 6.32. The lowest BCUT2D eigenvalue weighted by Crippen LogP contribution is -1.94. The minimum Gasteiger partial charge on any atom is -0.280 e. The average molecular weight is 179 g/mol. The van der Waals surface area contributed by atoms with E-state index in [1.165, 1.54) is 0 Å². The van der Waals surface area contributed by atoms with Crippen LogP contribution in [0.1, 0.15) is 0 Å². The number of halogens is 1. The molecule has 0 bridgehead atoms. The maximum absolute atomic E-state index is 5.88. The van der Waals surface area contributed by atoms with Crippen LogP contribution < -0.4 is 0 Å². The van der Waals surface area contributed by atoms with Gasteiger partial charge >= 0.3 is 0 Å². The van der Waals surface area contributed by atoms with E-state index in [0.29, 0.717) is 10.8 Å². The van der Waals surface area contributed by atoms with Crippen LogP contribution >= 0.6 is 11.6 Å². The molecule has 1 radical (unpaired) electrons. The van der Waals surface area contributed by atoms with Gasteiger partial charge in [-0.15, -0.1) is 0 Å². The third-order valence-corrected chi connectivity index (χ3v) is 1.72. The molecule has 0 unspecified atom stereocenters. The normalized spacial score (nSPS) is 10.1. The van der Waals surface area contributed by atoms with Crippen LogP contribution in [-0.4, -0.2) is 14.5 Å². The number of aromatic nitrogens is 3. The predicted octanol–water partition coefficient (Wildman–Crippen LogP) is 1.72. The summed E-state index contributed by atoms with van der Waals surface area (Å²) in [6.07, 6.45) is 7.76. The molecule has 0 spiro atoms. The molecule has 0 saturated carbocycles. The quantitative estimate of drug-likeness (QED) is 0.666. The van der Waals surface area contributed by atoms with Gasteiger partial charge < -0.3 is 0 Å². The van der Waals surface area contributed by atoms with Crippen LogP contribution in [0.3, 0.4) is 0 Å². The van der Waals surface area contributed by atoms with Gasteiger partial charge in [0.05, 0.1) is 5.02 Å². The van der Waals surface area contributed by atoms with Crippen LogP contribution in [0.4, 0.5) is 0 Å². The van der Waals surface area contributed by atoms with E-state index in [4.69, 9.17) is 11.6 Å². The summed E-state index contributed by atoms with van der Waals surface area (Å²) >= 11 is 5.88. The van der Waals surface area contributed by atoms with E-state index < -0.39 is 0 Å². The Morgan fingerprint density at radius 2 is 2.33 bits per heavy atom. The molecule has 0 aliphatic carbocycles. The fourth-order valence-corrected chi connectivity index (χ4v) is 1.11. The lowest BCUT2D eigenvalue weighted by atomic mass is 10.4. The van der Waals surface area contributed by atoms with Gasteiger partial charge in [-0.2, -0.15) is 0 Å². The van der Waals surface area contributed by atoms with Gasteiger partial charge in [-0.05, 0) is 12.1 Å². The molecule has 0 fully saturated rings. The smallest absolute Gasteiger partial charge is 0.182 e. The molecule has 2 aromatic heterocycles. The van der Waals surface area contributed by atoms with Crippen LogP contribution in [-0.2, 0) is 0 Å². The number of rotatable bonds is 1. The number of imidazole rings is 1. The topological polar surface area (TPSA) is 30.7 Å². The van der Waals surface area contributed by atoms with Gasteiger partial charge in [0.15, 0.2) is 12.1 Å². The first kappa shape index (κ1) is 7.31. The minimum atomic E-state index is 0.590. The molecular weight excluding hydrogens is 174 g/mol. The summed E-state index contributed by atoms with van der Waals surface area (Å²) in [5.74, 6) is 0.650. The van der Waals surface area contributed by atoms with Crippen LogP contribution in [0, 0.1) is 6.33 Å². The molecule has 2 heterocycles. The molecule has 12 heavy (non-hydrogen) atoms. The van der Waals surface area contributed by atoms with E-state index >= 15 is 0 Å². The summed E-state index contributed by atoms with van der Waals surface area (Å²) in [6.45, 7) is 0. The minimum absolute atomic E-state index is 0.590. The van der Waals surface area contributed by atoms with E-state index in [9.17, 15) is 0 Å². The Balaban J connectivity index is 2.55. The molecule has 0 aromatic carbocycles. The van der Waals surface area contributed by atoms with Crippen molar-refractivity contribution < 1.29 is 0 Å². The summed E-state index contributed by atoms with van der Waals surface area (Å²) in [4.78, 5) is 7.86. The van der Waals surface area contributed by atoms with Crippen molar-refractivity contribution in [2.75, 3.05) is 0 Å². The molecule has 0 saturated heterocycles. The number of pyridine rings is 1. The molecule has 3 nitrogen and oxygen atoms in total. The van der Waals surface area contributed by atoms with Crippen molar-refractivity contribution in [1.29, 1.82) is 0 Å². The number of hydrogen-bond donors (Lipinski definition) is 0. The standard InChI is InChI=1S/C8H5ClN3/c9-7-2-1-3-11-8(7)12-5-4-10-6-12/h1-5H. The van der Waals surface area contributed by atoms with Gasteiger partial charge in [0.2, 0.25) is 0 Å². The van der Waals surface area contributed by atoms with Crippen molar-refractivity contribution in [2.45, 2.75) is 0 Å². The molecule has 0 atom stereocenters. The summed E-state index contributed by atoms with van der Waals surface area (Å²) in [5.41, 5.74) is 0. The highest BCUT2D eigenvalue weighted by Crippen LogP contribution is 2.15. The van der Waals surface area contributed by atoms with Gasteiger partial charge in [-0.1, -0.05) is 11.6 Å². The molecule has 0 aliphatic heterocycles. The number of hydrogen-bond acceptors (Lipinski definition) is 2. The van der Waals surface area contributed by atoms with Crippen molar-refractivity contribution in [3.8, 4) is 5.82 Å². The van der Waals surface area contributed by atoms with Crippen molar-refractivity contribution in [3.05, 3.63) is 42.1 Å². The molecule has 59 valence electrons. The first-order valence-electron chi connectivity index (χ1n) is 3.40. The molecular formula is C8H5ClN3. The second kappa shape index (κ2) is 2.95. The Hall–Kier alpha value is -1.35. The highest BCUT2D eigenvalue weighted by atomic mass is 35.5. The molecule has 4 heteroatoms. The van der Waals surface area contributed by atoms with E-state index in [1.807, 2.05) is 0 Å². The van der Waals surface area contributed by atoms with Gasteiger partial charge in [0, 0.05) is 18.6 Å². The Morgan fingerprint density at radius 1 is 1.42 bits per heavy atom. The zero-order valence-corrected chi connectivity index (χ0v) is 6.86. The summed E-state index contributed by atoms with van der Waals surface area (Å²) in [6, 6.07) is 3.56. The van der Waals surface area contributed by atoms with Crippen LogP contribution in [0.15, 0.2) is 30.7 Å². The van der Waals surface area contributed by atoms with Crippen LogP contribution in [0.25, 0.3) is 5.82 Å². The molecule has 2 aromatic rings. The van der Waals surface area contributed by atoms with E-state index in [-0.39, 0.29) is 0 Å². The second-order valence-corrected chi connectivity index (χ2v) is 2.61. The zero-order valence-electron chi connectivity index (χ0n) is 6.11. The van der Waals surface area contributed by atoms with Crippen LogP contribution in [0.2, 0.25) is 5.02 Å². The fraction of sp³-hybridized carbons (Fsp3) is 0. The van der Waals surface area contributed by atoms with Crippen LogP contribution in [0.5, 0.6) is 0 Å². The number of nitrogens with zero attached hydrogens (tertiary/aromatic N) is 3. The second-order valence-electron chi connectivity index (χ2n) is 2.21. The van der Waals surface area contributed by atoms with E-state index in [2.05, 4.69) is 16.3 Å². The lowest BCUT2D eigenvalue weighted by Gasteiger charge is -2.00. The summed E-state index contributed by atoms with van der Waals surface area (Å²) in [5, 5.41) is 0.590. The monoisotopic (exact) mass is 178 g/mol. The Labute approximate surface area is 74.7 Å². The molecule has 2 rings (SSSR count). The molecule has 0 amide bonds. The summed E-state index contributed by atoms with van der Waals surface area (Å²) < 4.78 is 1.64. The maximum atomic E-state index is 5.88. The third kappa shape index (κ3) is 1.19. The predicted molar refractivity (Wildman–Crippen MR) is 45.2 cm³/mol. The van der Waals surface area contributed by atoms with E-state index in [0.717, 1.165) is 0 Å². The summed E-state index contributed by atoms with van der Waals surface area (Å²) in [7, 11) is 0. The van der Waals surface area contributed by atoms with Gasteiger partial charge in [0.25, 0.3) is 0 Å². The Morgan fingerprint density at radius 3 is 3.00 bits per heavy atom. The molecule has 0 aliphatic rings. The SMILES string of the molecule is Clc1cccnc1-n1[c]ncc1. The van der Waals surface area contributed by atoms with E-state index in [1.54, 1.807) is 35.3 Å². The Kier molecular flexibility index (Phi) is 1.80. The van der Waals surface area contributed by atoms with Crippen molar-refractivity contribution in [2.24, 2.45) is 0 Å². The fourth-order valence-electron chi connectivity index (χ4n) is 0.901. The Bertz CT molecular complexity index is 370. The third-order valence-electron chi connectivity index (χ3n) is 1.42. The molecule has 0 N–H and O–H groups in total. The van der Waals surface area contributed by atoms with Crippen molar-refractivity contribution in [3.63, 3.8) is 0 Å². The highest BCUT2D eigenvalue weighted by Gasteiger charge is 2.01. The maximum Gasteiger partial charge on any atom is 0.182 e. The van der Waals surface area contributed by atoms with Gasteiger partial charge in [-0.25, -0.2) is 9.97 Å². The average Bonchev–Trinajstić information content (AvgIpc) is 2.57. The first-order chi connectivity index (χ1) is 5.88. The van der Waals surface area contributed by atoms with Gasteiger partial charge in [-0.3, -0.25) is 4.57 Å². The first-order valence-corrected chi connectivity index (χ1v) is 3.77. The van der Waals surface area contributed by atoms with Crippen molar-refractivity contribution in [1.82, 2.24) is 14.5 Å². The lowest BCUT2D eigenvalue weighted by molar-refractivity contribution is 0.983. The van der Waals surface area contributed by atoms with Gasteiger partial charge in [0.1, 0.15) is 0 Å².